The Bertz CT molecular complexity index is 167. The first-order chi connectivity index (χ1) is 8.91. The molecule has 3 unspecified atom stereocenters. The third kappa shape index (κ3) is 13.9. The third-order valence-electron chi connectivity index (χ3n) is 2.30. The van der Waals surface area contributed by atoms with Gasteiger partial charge in [0.2, 0.25) is 0 Å². The minimum absolute atomic E-state index is 0.390. The van der Waals surface area contributed by atoms with Crippen LogP contribution in [0.5, 0.6) is 0 Å². The van der Waals surface area contributed by atoms with Crippen molar-refractivity contribution in [3.05, 3.63) is 0 Å². The molecular formula is C12H27NO6. The zero-order chi connectivity index (χ0) is 14.7. The van der Waals surface area contributed by atoms with Crippen LogP contribution in [0.15, 0.2) is 0 Å². The summed E-state index contributed by atoms with van der Waals surface area (Å²) < 4.78 is 15.2. The molecule has 0 radical (unpaired) electrons. The molecule has 0 bridgehead atoms. The van der Waals surface area contributed by atoms with Crippen molar-refractivity contribution >= 4 is 0 Å². The van der Waals surface area contributed by atoms with Crippen molar-refractivity contribution in [2.24, 2.45) is 0 Å². The van der Waals surface area contributed by atoms with E-state index in [1.54, 1.807) is 20.8 Å². The Morgan fingerprint density at radius 1 is 0.684 bits per heavy atom. The van der Waals surface area contributed by atoms with Gasteiger partial charge in [0, 0.05) is 19.6 Å². The summed E-state index contributed by atoms with van der Waals surface area (Å²) in [5.41, 5.74) is 0. The van der Waals surface area contributed by atoms with Gasteiger partial charge in [-0.25, -0.2) is 0 Å². The lowest BCUT2D eigenvalue weighted by Gasteiger charge is -2.23. The van der Waals surface area contributed by atoms with Gasteiger partial charge in [0.15, 0.2) is 18.9 Å². The van der Waals surface area contributed by atoms with Gasteiger partial charge in [-0.1, -0.05) is 0 Å². The Balaban J connectivity index is 3.85. The van der Waals surface area contributed by atoms with Crippen LogP contribution in [0.2, 0.25) is 0 Å². The smallest absolute Gasteiger partial charge is 0.151 e. The molecule has 7 nitrogen and oxygen atoms in total. The molecule has 19 heavy (non-hydrogen) atoms. The predicted octanol–water partition coefficient (Wildman–Crippen LogP) is -0.647. The van der Waals surface area contributed by atoms with E-state index >= 15 is 0 Å². The quantitative estimate of drug-likeness (QED) is 0.410. The zero-order valence-corrected chi connectivity index (χ0v) is 12.0. The molecule has 0 aromatic rings. The Morgan fingerprint density at radius 3 is 1.16 bits per heavy atom. The van der Waals surface area contributed by atoms with Crippen molar-refractivity contribution in [2.75, 3.05) is 39.5 Å². The van der Waals surface area contributed by atoms with E-state index in [9.17, 15) is 0 Å². The van der Waals surface area contributed by atoms with Crippen molar-refractivity contribution in [1.82, 2.24) is 4.90 Å². The zero-order valence-electron chi connectivity index (χ0n) is 12.0. The highest BCUT2D eigenvalue weighted by Crippen LogP contribution is 1.95. The predicted molar refractivity (Wildman–Crippen MR) is 69.3 cm³/mol. The second-order valence-corrected chi connectivity index (χ2v) is 4.25. The summed E-state index contributed by atoms with van der Waals surface area (Å²) in [4.78, 5) is 2.01. The molecule has 0 amide bonds. The molecule has 0 aromatic carbocycles. The van der Waals surface area contributed by atoms with Crippen LogP contribution in [0.4, 0.5) is 0 Å². The molecule has 0 aliphatic rings. The molecule has 0 aliphatic carbocycles. The van der Waals surface area contributed by atoms with Crippen LogP contribution in [-0.2, 0) is 14.2 Å². The standard InChI is InChI=1S/C12H27NO6/c1-10(14)17-7-4-13(5-8-18-11(2)15)6-9-19-12(3)16/h10-12,14-16H,4-9H2,1-3H3. The van der Waals surface area contributed by atoms with E-state index in [-0.39, 0.29) is 0 Å². The molecule has 0 heterocycles. The highest BCUT2D eigenvalue weighted by Gasteiger charge is 2.07. The van der Waals surface area contributed by atoms with Crippen LogP contribution in [0.1, 0.15) is 20.8 Å². The SMILES string of the molecule is CC(O)OCCN(CCOC(C)O)CCOC(C)O. The minimum atomic E-state index is -0.788. The second kappa shape index (κ2) is 11.5. The molecule has 0 aliphatic heterocycles. The van der Waals surface area contributed by atoms with Crippen molar-refractivity contribution in [2.45, 2.75) is 39.6 Å². The molecule has 0 spiro atoms. The van der Waals surface area contributed by atoms with Crippen molar-refractivity contribution in [3.63, 3.8) is 0 Å². The Kier molecular flexibility index (Phi) is 11.4. The van der Waals surface area contributed by atoms with E-state index in [1.807, 2.05) is 4.90 Å². The van der Waals surface area contributed by atoms with E-state index in [2.05, 4.69) is 0 Å². The van der Waals surface area contributed by atoms with Gasteiger partial charge in [0.1, 0.15) is 0 Å². The molecule has 0 saturated heterocycles. The fourth-order valence-electron chi connectivity index (χ4n) is 1.39. The van der Waals surface area contributed by atoms with Gasteiger partial charge in [-0.2, -0.15) is 0 Å². The normalized spacial score (nSPS) is 16.6. The molecule has 0 aromatic heterocycles. The Hall–Kier alpha value is -0.280. The van der Waals surface area contributed by atoms with Crippen molar-refractivity contribution < 1.29 is 29.5 Å². The third-order valence-corrected chi connectivity index (χ3v) is 2.30. The minimum Gasteiger partial charge on any atom is -0.368 e. The first kappa shape index (κ1) is 18.7. The van der Waals surface area contributed by atoms with Crippen molar-refractivity contribution in [1.29, 1.82) is 0 Å². The topological polar surface area (TPSA) is 91.6 Å². The summed E-state index contributed by atoms with van der Waals surface area (Å²) in [7, 11) is 0. The average molecular weight is 281 g/mol. The summed E-state index contributed by atoms with van der Waals surface area (Å²) >= 11 is 0. The van der Waals surface area contributed by atoms with Crippen LogP contribution >= 0.6 is 0 Å². The summed E-state index contributed by atoms with van der Waals surface area (Å²) in [6.45, 7) is 7.65. The molecule has 0 saturated carbocycles. The van der Waals surface area contributed by atoms with E-state index in [0.717, 1.165) is 0 Å². The van der Waals surface area contributed by atoms with Crippen LogP contribution in [0.25, 0.3) is 0 Å². The number of hydrogen-bond acceptors (Lipinski definition) is 7. The summed E-state index contributed by atoms with van der Waals surface area (Å²) in [5.74, 6) is 0. The highest BCUT2D eigenvalue weighted by molar-refractivity contribution is 4.57. The first-order valence-electron chi connectivity index (χ1n) is 6.53. The number of nitrogens with zero attached hydrogens (tertiary/aromatic N) is 1. The molecular weight excluding hydrogens is 254 g/mol. The lowest BCUT2D eigenvalue weighted by Crippen LogP contribution is -2.35. The highest BCUT2D eigenvalue weighted by atomic mass is 16.6. The van der Waals surface area contributed by atoms with E-state index in [0.29, 0.717) is 39.5 Å². The fraction of sp³-hybridized carbons (Fsp3) is 1.00. The number of hydrogen-bond donors (Lipinski definition) is 3. The molecule has 3 N–H and O–H groups in total. The largest absolute Gasteiger partial charge is 0.368 e. The monoisotopic (exact) mass is 281 g/mol. The molecule has 0 fully saturated rings. The fourth-order valence-corrected chi connectivity index (χ4v) is 1.39. The summed E-state index contributed by atoms with van der Waals surface area (Å²) in [6.07, 6.45) is -2.36. The van der Waals surface area contributed by atoms with E-state index in [1.165, 1.54) is 0 Å². The van der Waals surface area contributed by atoms with Gasteiger partial charge in [0.25, 0.3) is 0 Å². The second-order valence-electron chi connectivity index (χ2n) is 4.25. The maximum Gasteiger partial charge on any atom is 0.151 e. The number of ether oxygens (including phenoxy) is 3. The number of aliphatic hydroxyl groups is 3. The summed E-state index contributed by atoms with van der Waals surface area (Å²) in [6, 6.07) is 0. The van der Waals surface area contributed by atoms with E-state index in [4.69, 9.17) is 29.5 Å². The Morgan fingerprint density at radius 2 is 0.947 bits per heavy atom. The maximum atomic E-state index is 9.01. The van der Waals surface area contributed by atoms with Crippen LogP contribution in [-0.4, -0.2) is 78.5 Å². The van der Waals surface area contributed by atoms with E-state index < -0.39 is 18.9 Å². The van der Waals surface area contributed by atoms with Crippen LogP contribution in [0.3, 0.4) is 0 Å². The van der Waals surface area contributed by atoms with Gasteiger partial charge < -0.3 is 29.5 Å². The van der Waals surface area contributed by atoms with Gasteiger partial charge >= 0.3 is 0 Å². The average Bonchev–Trinajstić information content (AvgIpc) is 2.26. The maximum absolute atomic E-state index is 9.01. The van der Waals surface area contributed by atoms with Crippen molar-refractivity contribution in [3.8, 4) is 0 Å². The van der Waals surface area contributed by atoms with Gasteiger partial charge in [-0.15, -0.1) is 0 Å². The molecule has 0 rings (SSSR count). The lowest BCUT2D eigenvalue weighted by atomic mass is 10.4. The molecule has 7 heteroatoms. The molecule has 116 valence electrons. The lowest BCUT2D eigenvalue weighted by molar-refractivity contribution is -0.108. The number of rotatable bonds is 12. The number of aliphatic hydroxyl groups excluding tert-OH is 3. The first-order valence-corrected chi connectivity index (χ1v) is 6.53. The van der Waals surface area contributed by atoms with Crippen LogP contribution < -0.4 is 0 Å². The van der Waals surface area contributed by atoms with Gasteiger partial charge in [-0.3, -0.25) is 4.90 Å². The Labute approximate surface area is 114 Å². The molecule has 3 atom stereocenters. The van der Waals surface area contributed by atoms with Gasteiger partial charge in [-0.05, 0) is 20.8 Å². The summed E-state index contributed by atoms with van der Waals surface area (Å²) in [5, 5.41) is 27.0. The van der Waals surface area contributed by atoms with Crippen LogP contribution in [0, 0.1) is 0 Å². The van der Waals surface area contributed by atoms with Gasteiger partial charge in [0.05, 0.1) is 19.8 Å².